The highest BCUT2D eigenvalue weighted by molar-refractivity contribution is 5.87. The quantitative estimate of drug-likeness (QED) is 0.850. The Morgan fingerprint density at radius 2 is 1.90 bits per heavy atom. The monoisotopic (exact) mass is 293 g/mol. The maximum absolute atomic E-state index is 11.9. The van der Waals surface area contributed by atoms with Crippen molar-refractivity contribution in [1.29, 1.82) is 0 Å². The number of hydrogen-bond donors (Lipinski definition) is 2. The molecule has 6 heteroatoms. The first kappa shape index (κ1) is 15.3. The average Bonchev–Trinajstić information content (AvgIpc) is 2.47. The molecule has 0 bridgehead atoms. The molecule has 6 nitrogen and oxygen atoms in total. The number of carbonyl (C=O) groups excluding carboxylic acids is 1. The molecule has 2 N–H and O–H groups in total. The molecule has 0 unspecified atom stereocenters. The van der Waals surface area contributed by atoms with Crippen LogP contribution in [0.3, 0.4) is 0 Å². The fourth-order valence-corrected chi connectivity index (χ4v) is 2.20. The number of ether oxygens (including phenoxy) is 2. The number of amides is 1. The Hall–Kier alpha value is -2.08. The van der Waals surface area contributed by atoms with Crippen LogP contribution < -0.4 is 10.1 Å². The van der Waals surface area contributed by atoms with Crippen molar-refractivity contribution in [1.82, 2.24) is 5.32 Å². The number of hydrogen-bond acceptors (Lipinski definition) is 4. The number of benzene rings is 1. The molecule has 0 aromatic heterocycles. The molecule has 0 spiro atoms. The van der Waals surface area contributed by atoms with Crippen LogP contribution in [-0.4, -0.2) is 42.3 Å². The van der Waals surface area contributed by atoms with Gasteiger partial charge in [-0.2, -0.15) is 0 Å². The summed E-state index contributed by atoms with van der Waals surface area (Å²) >= 11 is 0. The highest BCUT2D eigenvalue weighted by atomic mass is 16.5. The van der Waals surface area contributed by atoms with Crippen molar-refractivity contribution in [3.63, 3.8) is 0 Å². The van der Waals surface area contributed by atoms with Crippen molar-refractivity contribution in [2.45, 2.75) is 25.3 Å². The summed E-state index contributed by atoms with van der Waals surface area (Å²) in [5, 5.41) is 11.9. The zero-order chi connectivity index (χ0) is 15.3. The van der Waals surface area contributed by atoms with E-state index < -0.39 is 17.4 Å². The van der Waals surface area contributed by atoms with E-state index in [9.17, 15) is 14.7 Å². The Morgan fingerprint density at radius 3 is 2.48 bits per heavy atom. The van der Waals surface area contributed by atoms with E-state index in [2.05, 4.69) is 5.32 Å². The molecule has 0 radical (unpaired) electrons. The Labute approximate surface area is 123 Å². The first-order valence-electron chi connectivity index (χ1n) is 6.83. The molecule has 114 valence electrons. The van der Waals surface area contributed by atoms with Crippen LogP contribution in [0.25, 0.3) is 0 Å². The number of aliphatic carboxylic acids is 1. The molecular formula is C15H19NO5. The summed E-state index contributed by atoms with van der Waals surface area (Å²) in [4.78, 5) is 23.3. The largest absolute Gasteiger partial charge is 0.484 e. The van der Waals surface area contributed by atoms with E-state index in [1.54, 1.807) is 12.1 Å². The maximum Gasteiger partial charge on any atom is 0.329 e. The Balaban J connectivity index is 1.90. The molecule has 0 aliphatic carbocycles. The zero-order valence-corrected chi connectivity index (χ0v) is 11.9. The summed E-state index contributed by atoms with van der Waals surface area (Å²) in [6, 6.07) is 7.29. The van der Waals surface area contributed by atoms with Gasteiger partial charge in [-0.3, -0.25) is 4.79 Å². The second-order valence-corrected chi connectivity index (χ2v) is 5.15. The highest BCUT2D eigenvalue weighted by Crippen LogP contribution is 2.21. The van der Waals surface area contributed by atoms with E-state index in [1.807, 2.05) is 19.1 Å². The average molecular weight is 293 g/mol. The second kappa shape index (κ2) is 6.58. The minimum Gasteiger partial charge on any atom is -0.484 e. The van der Waals surface area contributed by atoms with Crippen molar-refractivity contribution in [2.75, 3.05) is 19.8 Å². The van der Waals surface area contributed by atoms with Crippen LogP contribution in [0.5, 0.6) is 5.75 Å². The lowest BCUT2D eigenvalue weighted by Gasteiger charge is -2.33. The standard InChI is InChI=1S/C15H19NO5/c1-11-2-4-12(5-3-11)21-10-13(17)16-15(14(18)19)6-8-20-9-7-15/h2-5H,6-10H2,1H3,(H,16,17)(H,18,19). The third-order valence-electron chi connectivity index (χ3n) is 3.53. The van der Waals surface area contributed by atoms with Crippen molar-refractivity contribution in [3.8, 4) is 5.75 Å². The van der Waals surface area contributed by atoms with Gasteiger partial charge in [0.1, 0.15) is 11.3 Å². The molecule has 1 saturated heterocycles. The van der Waals surface area contributed by atoms with Gasteiger partial charge in [-0.15, -0.1) is 0 Å². The van der Waals surface area contributed by atoms with Crippen molar-refractivity contribution >= 4 is 11.9 Å². The number of nitrogens with one attached hydrogen (secondary N) is 1. The maximum atomic E-state index is 11.9. The normalized spacial score (nSPS) is 17.0. The van der Waals surface area contributed by atoms with Gasteiger partial charge in [0.25, 0.3) is 5.91 Å². The van der Waals surface area contributed by atoms with E-state index in [-0.39, 0.29) is 19.4 Å². The summed E-state index contributed by atoms with van der Waals surface area (Å²) in [6.45, 7) is 2.40. The van der Waals surface area contributed by atoms with E-state index in [0.717, 1.165) is 5.56 Å². The smallest absolute Gasteiger partial charge is 0.329 e. The van der Waals surface area contributed by atoms with Crippen LogP contribution in [0.2, 0.25) is 0 Å². The van der Waals surface area contributed by atoms with Gasteiger partial charge in [-0.1, -0.05) is 17.7 Å². The van der Waals surface area contributed by atoms with Crippen LogP contribution in [0.15, 0.2) is 24.3 Å². The lowest BCUT2D eigenvalue weighted by atomic mass is 9.90. The molecule has 1 aliphatic heterocycles. The first-order valence-corrected chi connectivity index (χ1v) is 6.83. The SMILES string of the molecule is Cc1ccc(OCC(=O)NC2(C(=O)O)CCOCC2)cc1. The number of carboxylic acid groups (broad SMARTS) is 1. The van der Waals surface area contributed by atoms with Gasteiger partial charge >= 0.3 is 5.97 Å². The molecule has 1 amide bonds. The van der Waals surface area contributed by atoms with Crippen LogP contribution in [-0.2, 0) is 14.3 Å². The zero-order valence-electron chi connectivity index (χ0n) is 11.9. The molecule has 0 saturated carbocycles. The number of aryl methyl sites for hydroxylation is 1. The number of rotatable bonds is 5. The fraction of sp³-hybridized carbons (Fsp3) is 0.467. The number of carboxylic acids is 1. The minimum atomic E-state index is -1.24. The molecule has 1 heterocycles. The fourth-order valence-electron chi connectivity index (χ4n) is 2.20. The molecule has 0 atom stereocenters. The molecule has 1 aliphatic rings. The van der Waals surface area contributed by atoms with Gasteiger partial charge in [0.05, 0.1) is 0 Å². The third-order valence-corrected chi connectivity index (χ3v) is 3.53. The molecular weight excluding hydrogens is 274 g/mol. The van der Waals surface area contributed by atoms with Crippen LogP contribution in [0, 0.1) is 6.92 Å². The Morgan fingerprint density at radius 1 is 1.29 bits per heavy atom. The van der Waals surface area contributed by atoms with Gasteiger partial charge in [0.15, 0.2) is 6.61 Å². The Bertz CT molecular complexity index is 505. The molecule has 1 fully saturated rings. The molecule has 21 heavy (non-hydrogen) atoms. The predicted molar refractivity (Wildman–Crippen MR) is 75.2 cm³/mol. The van der Waals surface area contributed by atoms with Gasteiger partial charge in [0.2, 0.25) is 0 Å². The Kier molecular flexibility index (Phi) is 4.80. The minimum absolute atomic E-state index is 0.209. The summed E-state index contributed by atoms with van der Waals surface area (Å²) < 4.78 is 10.5. The van der Waals surface area contributed by atoms with Gasteiger partial charge in [0, 0.05) is 26.1 Å². The lowest BCUT2D eigenvalue weighted by Crippen LogP contribution is -2.58. The van der Waals surface area contributed by atoms with Gasteiger partial charge in [-0.05, 0) is 19.1 Å². The second-order valence-electron chi connectivity index (χ2n) is 5.15. The third kappa shape index (κ3) is 3.95. The summed E-state index contributed by atoms with van der Waals surface area (Å²) in [5.41, 5.74) is -0.148. The summed E-state index contributed by atoms with van der Waals surface area (Å²) in [5.74, 6) is -0.901. The lowest BCUT2D eigenvalue weighted by molar-refractivity contribution is -0.152. The first-order chi connectivity index (χ1) is 10.0. The molecule has 1 aromatic rings. The van der Waals surface area contributed by atoms with Gasteiger partial charge in [-0.25, -0.2) is 4.79 Å². The topological polar surface area (TPSA) is 84.9 Å². The van der Waals surface area contributed by atoms with Gasteiger partial charge < -0.3 is 19.9 Å². The van der Waals surface area contributed by atoms with Crippen LogP contribution in [0.1, 0.15) is 18.4 Å². The van der Waals surface area contributed by atoms with E-state index in [4.69, 9.17) is 9.47 Å². The molecule has 2 rings (SSSR count). The van der Waals surface area contributed by atoms with Crippen LogP contribution >= 0.6 is 0 Å². The van der Waals surface area contributed by atoms with E-state index in [1.165, 1.54) is 0 Å². The predicted octanol–water partition coefficient (Wildman–Crippen LogP) is 1.12. The van der Waals surface area contributed by atoms with Crippen LogP contribution in [0.4, 0.5) is 0 Å². The number of carbonyl (C=O) groups is 2. The summed E-state index contributed by atoms with van der Waals surface area (Å²) in [6.07, 6.45) is 0.525. The van der Waals surface area contributed by atoms with Crippen molar-refractivity contribution in [3.05, 3.63) is 29.8 Å². The van der Waals surface area contributed by atoms with E-state index >= 15 is 0 Å². The molecule has 1 aromatic carbocycles. The van der Waals surface area contributed by atoms with E-state index in [0.29, 0.717) is 19.0 Å². The van der Waals surface area contributed by atoms with Crippen molar-refractivity contribution < 1.29 is 24.2 Å². The van der Waals surface area contributed by atoms with Crippen molar-refractivity contribution in [2.24, 2.45) is 0 Å². The summed E-state index contributed by atoms with van der Waals surface area (Å²) in [7, 11) is 0. The highest BCUT2D eigenvalue weighted by Gasteiger charge is 2.41.